The van der Waals surface area contributed by atoms with Gasteiger partial charge in [0.1, 0.15) is 12.1 Å². The highest BCUT2D eigenvalue weighted by Gasteiger charge is 2.70. The van der Waals surface area contributed by atoms with Crippen molar-refractivity contribution in [2.45, 2.75) is 51.3 Å². The molecule has 1 unspecified atom stereocenters. The van der Waals surface area contributed by atoms with Crippen LogP contribution in [-0.2, 0) is 9.53 Å². The molecular weight excluding hydrogens is 372 g/mol. The number of nitro groups is 1. The smallest absolute Gasteiger partial charge is 0.477 e. The van der Waals surface area contributed by atoms with Crippen LogP contribution in [-0.4, -0.2) is 61.4 Å². The minimum Gasteiger partial charge on any atom is -0.477 e. The summed E-state index contributed by atoms with van der Waals surface area (Å²) >= 11 is 0. The Hall–Kier alpha value is -3.01. The van der Waals surface area contributed by atoms with Gasteiger partial charge in [-0.1, -0.05) is 0 Å². The van der Waals surface area contributed by atoms with E-state index < -0.39 is 44.6 Å². The van der Waals surface area contributed by atoms with Crippen LogP contribution in [0.15, 0.2) is 24.3 Å². The molecule has 2 rings (SSSR count). The molecule has 0 aliphatic carbocycles. The third-order valence-corrected chi connectivity index (χ3v) is 5.47. The number of amides is 1. The highest BCUT2D eigenvalue weighted by molar-refractivity contribution is 5.90. The van der Waals surface area contributed by atoms with Gasteiger partial charge in [0.15, 0.2) is 6.10 Å². The first-order valence-corrected chi connectivity index (χ1v) is 8.57. The molecule has 0 saturated carbocycles. The SMILES string of the molecule is CC(C)(C)[N+]1(C(=O)O)C[C@@H](OC(=O)c2ccc([N+](=O)[O-])cc2)C[C@@]1(C)C(=O)O. The summed E-state index contributed by atoms with van der Waals surface area (Å²) in [5.74, 6) is -2.09. The number of non-ortho nitro benzene ring substituents is 1. The van der Waals surface area contributed by atoms with Crippen LogP contribution in [0.1, 0.15) is 44.5 Å². The van der Waals surface area contributed by atoms with Crippen molar-refractivity contribution in [3.05, 3.63) is 39.9 Å². The standard InChI is InChI=1S/C18H22N2O8/c1-17(2,3)20(16(24)25)10-13(9-18(20,4)15(22)23)28-14(21)11-5-7-12(8-6-11)19(26)27/h5-8,13H,9-10H2,1-4H3,(H-,22,23,24,25)/p+1/t13-,18-,20?/m0/s1. The van der Waals surface area contributed by atoms with E-state index in [0.717, 1.165) is 12.1 Å². The van der Waals surface area contributed by atoms with Gasteiger partial charge in [-0.05, 0) is 32.9 Å². The normalized spacial score (nSPS) is 27.2. The summed E-state index contributed by atoms with van der Waals surface area (Å²) in [5, 5.41) is 30.4. The van der Waals surface area contributed by atoms with Crippen LogP contribution >= 0.6 is 0 Å². The van der Waals surface area contributed by atoms with Crippen molar-refractivity contribution in [2.24, 2.45) is 0 Å². The van der Waals surface area contributed by atoms with Crippen LogP contribution in [0.5, 0.6) is 0 Å². The van der Waals surface area contributed by atoms with Gasteiger partial charge in [0.2, 0.25) is 5.54 Å². The molecule has 2 N–H and O–H groups in total. The lowest BCUT2D eigenvalue weighted by molar-refractivity contribution is -0.929. The molecule has 1 amide bonds. The number of carboxylic acid groups (broad SMARTS) is 2. The highest BCUT2D eigenvalue weighted by Crippen LogP contribution is 2.45. The number of carbonyl (C=O) groups excluding carboxylic acids is 1. The van der Waals surface area contributed by atoms with Gasteiger partial charge in [-0.25, -0.2) is 14.1 Å². The number of carbonyl (C=O) groups is 3. The summed E-state index contributed by atoms with van der Waals surface area (Å²) in [6.07, 6.45) is -2.43. The van der Waals surface area contributed by atoms with Crippen molar-refractivity contribution >= 4 is 23.7 Å². The van der Waals surface area contributed by atoms with Gasteiger partial charge in [-0.15, -0.1) is 0 Å². The number of nitrogens with zero attached hydrogens (tertiary/aromatic N) is 2. The molecule has 0 bridgehead atoms. The lowest BCUT2D eigenvalue weighted by Crippen LogP contribution is -2.73. The van der Waals surface area contributed by atoms with Crippen molar-refractivity contribution < 1.29 is 38.7 Å². The molecule has 1 aromatic rings. The lowest BCUT2D eigenvalue weighted by Gasteiger charge is -2.47. The average Bonchev–Trinajstić information content (AvgIpc) is 2.89. The van der Waals surface area contributed by atoms with Gasteiger partial charge >= 0.3 is 18.0 Å². The number of likely N-dealkylation sites (tertiary alicyclic amines) is 1. The van der Waals surface area contributed by atoms with E-state index in [1.807, 2.05) is 0 Å². The molecule has 1 aromatic carbocycles. The van der Waals surface area contributed by atoms with E-state index in [1.54, 1.807) is 20.8 Å². The second-order valence-corrected chi connectivity index (χ2v) is 8.06. The fourth-order valence-corrected chi connectivity index (χ4v) is 4.03. The predicted molar refractivity (Wildman–Crippen MR) is 95.9 cm³/mol. The molecule has 1 fully saturated rings. The molecule has 1 saturated heterocycles. The van der Waals surface area contributed by atoms with E-state index in [0.29, 0.717) is 0 Å². The quantitative estimate of drug-likeness (QED) is 0.343. The van der Waals surface area contributed by atoms with Crippen LogP contribution in [0, 0.1) is 10.1 Å². The number of benzene rings is 1. The number of nitro benzene ring substituents is 1. The van der Waals surface area contributed by atoms with Crippen LogP contribution in [0.2, 0.25) is 0 Å². The van der Waals surface area contributed by atoms with Crippen molar-refractivity contribution in [1.82, 2.24) is 0 Å². The molecule has 152 valence electrons. The topological polar surface area (TPSA) is 144 Å². The Kier molecular flexibility index (Phi) is 5.22. The molecule has 10 heteroatoms. The van der Waals surface area contributed by atoms with Crippen molar-refractivity contribution in [1.29, 1.82) is 0 Å². The fourth-order valence-electron chi connectivity index (χ4n) is 4.03. The Labute approximate surface area is 161 Å². The van der Waals surface area contributed by atoms with E-state index in [1.165, 1.54) is 19.1 Å². The molecule has 0 spiro atoms. The molecule has 0 radical (unpaired) electrons. The first-order valence-electron chi connectivity index (χ1n) is 8.57. The van der Waals surface area contributed by atoms with Crippen molar-refractivity contribution in [3.63, 3.8) is 0 Å². The van der Waals surface area contributed by atoms with Gasteiger partial charge in [0.25, 0.3) is 5.69 Å². The van der Waals surface area contributed by atoms with E-state index in [2.05, 4.69) is 0 Å². The zero-order valence-electron chi connectivity index (χ0n) is 16.0. The zero-order valence-corrected chi connectivity index (χ0v) is 16.0. The van der Waals surface area contributed by atoms with Gasteiger partial charge < -0.3 is 14.9 Å². The molecular formula is C18H23N2O8+. The Balaban J connectivity index is 2.33. The number of ether oxygens (including phenoxy) is 1. The summed E-state index contributed by atoms with van der Waals surface area (Å²) in [6.45, 7) is 6.02. The Morgan fingerprint density at radius 2 is 1.75 bits per heavy atom. The average molecular weight is 395 g/mol. The van der Waals surface area contributed by atoms with Crippen LogP contribution in [0.4, 0.5) is 10.5 Å². The number of quaternary nitrogens is 1. The van der Waals surface area contributed by atoms with Gasteiger partial charge in [0.05, 0.1) is 16.9 Å². The fraction of sp³-hybridized carbons (Fsp3) is 0.500. The maximum Gasteiger partial charge on any atom is 0.515 e. The van der Waals surface area contributed by atoms with E-state index in [4.69, 9.17) is 4.74 Å². The monoisotopic (exact) mass is 395 g/mol. The summed E-state index contributed by atoms with van der Waals surface area (Å²) in [5.41, 5.74) is -2.82. The maximum absolute atomic E-state index is 12.4. The number of hydrogen-bond acceptors (Lipinski definition) is 6. The number of esters is 1. The number of carboxylic acids is 1. The van der Waals surface area contributed by atoms with Gasteiger partial charge in [-0.3, -0.25) is 10.1 Å². The lowest BCUT2D eigenvalue weighted by atomic mass is 9.90. The van der Waals surface area contributed by atoms with Crippen molar-refractivity contribution in [2.75, 3.05) is 6.54 Å². The van der Waals surface area contributed by atoms with Crippen molar-refractivity contribution in [3.8, 4) is 0 Å². The Bertz CT molecular complexity index is 829. The Morgan fingerprint density at radius 3 is 2.11 bits per heavy atom. The molecule has 1 heterocycles. The first-order chi connectivity index (χ1) is 12.8. The minimum absolute atomic E-state index is 0.0544. The summed E-state index contributed by atoms with van der Waals surface area (Å²) < 4.78 is 4.59. The second kappa shape index (κ2) is 6.86. The molecule has 1 aliphatic rings. The molecule has 10 nitrogen and oxygen atoms in total. The van der Waals surface area contributed by atoms with Crippen LogP contribution in [0.25, 0.3) is 0 Å². The molecule has 1 aliphatic heterocycles. The van der Waals surface area contributed by atoms with Crippen LogP contribution < -0.4 is 0 Å². The summed E-state index contributed by atoms with van der Waals surface area (Å²) in [7, 11) is 0. The number of hydrogen-bond donors (Lipinski definition) is 2. The molecule has 3 atom stereocenters. The minimum atomic E-state index is -1.70. The first kappa shape index (κ1) is 21.3. The second-order valence-electron chi connectivity index (χ2n) is 8.06. The van der Waals surface area contributed by atoms with E-state index in [-0.39, 0.29) is 24.2 Å². The van der Waals surface area contributed by atoms with Gasteiger partial charge in [0, 0.05) is 19.1 Å². The third kappa shape index (κ3) is 3.19. The Morgan fingerprint density at radius 1 is 1.21 bits per heavy atom. The molecule has 28 heavy (non-hydrogen) atoms. The van der Waals surface area contributed by atoms with Gasteiger partial charge in [-0.2, -0.15) is 4.79 Å². The predicted octanol–water partition coefficient (Wildman–Crippen LogP) is 2.66. The largest absolute Gasteiger partial charge is 0.515 e. The zero-order chi connectivity index (χ0) is 21.5. The number of aliphatic carboxylic acids is 1. The van der Waals surface area contributed by atoms with E-state index in [9.17, 15) is 34.7 Å². The van der Waals surface area contributed by atoms with Crippen LogP contribution in [0.3, 0.4) is 0 Å². The highest BCUT2D eigenvalue weighted by atomic mass is 16.6. The maximum atomic E-state index is 12.4. The summed E-state index contributed by atoms with van der Waals surface area (Å²) in [4.78, 5) is 46.7. The number of rotatable bonds is 4. The van der Waals surface area contributed by atoms with E-state index >= 15 is 0 Å². The molecule has 0 aromatic heterocycles. The summed E-state index contributed by atoms with van der Waals surface area (Å²) in [6, 6.07) is 4.77. The third-order valence-electron chi connectivity index (χ3n) is 5.47.